The summed E-state index contributed by atoms with van der Waals surface area (Å²) in [5.41, 5.74) is 0.187. The molecule has 1 aromatic heterocycles. The molecular formula is C22H29ClN4O2. The summed E-state index contributed by atoms with van der Waals surface area (Å²) in [6.45, 7) is 8.02. The van der Waals surface area contributed by atoms with Gasteiger partial charge < -0.3 is 19.5 Å². The number of hydrogen-bond donors (Lipinski definition) is 1. The highest BCUT2D eigenvalue weighted by molar-refractivity contribution is 6.30. The monoisotopic (exact) mass is 416 g/mol. The van der Waals surface area contributed by atoms with E-state index in [0.717, 1.165) is 38.3 Å². The summed E-state index contributed by atoms with van der Waals surface area (Å²) < 4.78 is 8.56. The quantitative estimate of drug-likeness (QED) is 0.802. The van der Waals surface area contributed by atoms with Crippen LogP contribution in [-0.4, -0.2) is 46.1 Å². The van der Waals surface area contributed by atoms with Crippen molar-refractivity contribution in [3.05, 3.63) is 47.5 Å². The van der Waals surface area contributed by atoms with Crippen LogP contribution in [0.3, 0.4) is 0 Å². The zero-order chi connectivity index (χ0) is 20.4. The minimum Gasteiger partial charge on any atom is -0.352 e. The number of hydrogen-bond acceptors (Lipinski definition) is 4. The van der Waals surface area contributed by atoms with E-state index in [1.807, 2.05) is 24.5 Å². The first-order valence-electron chi connectivity index (χ1n) is 10.4. The van der Waals surface area contributed by atoms with Crippen molar-refractivity contribution in [2.24, 2.45) is 5.92 Å². The van der Waals surface area contributed by atoms with Crippen LogP contribution < -0.4 is 5.32 Å². The number of ether oxygens (including phenoxy) is 1. The van der Waals surface area contributed by atoms with Crippen LogP contribution in [0.5, 0.6) is 0 Å². The van der Waals surface area contributed by atoms with E-state index in [9.17, 15) is 4.79 Å². The maximum atomic E-state index is 13.0. The molecule has 0 aliphatic carbocycles. The van der Waals surface area contributed by atoms with Crippen LogP contribution in [0.4, 0.5) is 5.69 Å². The third-order valence-electron chi connectivity index (χ3n) is 5.92. The molecule has 1 amide bonds. The second kappa shape index (κ2) is 8.46. The Morgan fingerprint density at radius 1 is 1.38 bits per heavy atom. The van der Waals surface area contributed by atoms with Gasteiger partial charge in [-0.15, -0.1) is 0 Å². The van der Waals surface area contributed by atoms with Crippen molar-refractivity contribution in [2.75, 3.05) is 25.0 Å². The molecule has 2 aliphatic rings. The summed E-state index contributed by atoms with van der Waals surface area (Å²) in [5.74, 6) is 1.51. The smallest absolute Gasteiger partial charge is 0.255 e. The second-order valence-corrected chi connectivity index (χ2v) is 8.96. The Bertz CT molecular complexity index is 858. The van der Waals surface area contributed by atoms with E-state index in [-0.39, 0.29) is 5.91 Å². The van der Waals surface area contributed by atoms with Gasteiger partial charge in [-0.3, -0.25) is 4.79 Å². The van der Waals surface area contributed by atoms with E-state index in [2.05, 4.69) is 33.6 Å². The summed E-state index contributed by atoms with van der Waals surface area (Å²) in [6, 6.07) is 7.18. The van der Waals surface area contributed by atoms with Gasteiger partial charge in [0, 0.05) is 36.2 Å². The summed E-state index contributed by atoms with van der Waals surface area (Å²) in [6.07, 6.45) is 6.10. The molecular weight excluding hydrogens is 388 g/mol. The van der Waals surface area contributed by atoms with Crippen LogP contribution in [-0.2, 0) is 21.7 Å². The van der Waals surface area contributed by atoms with Gasteiger partial charge in [-0.25, -0.2) is 4.98 Å². The predicted octanol–water partition coefficient (Wildman–Crippen LogP) is 3.91. The number of imidazole rings is 1. The van der Waals surface area contributed by atoms with Crippen LogP contribution in [0.2, 0.25) is 5.02 Å². The van der Waals surface area contributed by atoms with Gasteiger partial charge in [0.05, 0.1) is 6.54 Å². The predicted molar refractivity (Wildman–Crippen MR) is 114 cm³/mol. The molecule has 1 atom stereocenters. The number of nitrogens with zero attached hydrogens (tertiary/aromatic N) is 3. The van der Waals surface area contributed by atoms with E-state index in [1.165, 1.54) is 6.42 Å². The number of piperidine rings is 1. The summed E-state index contributed by atoms with van der Waals surface area (Å²) in [5, 5.41) is 3.54. The van der Waals surface area contributed by atoms with E-state index in [1.54, 1.807) is 12.1 Å². The molecule has 1 saturated heterocycles. The molecule has 2 aromatic rings. The van der Waals surface area contributed by atoms with Gasteiger partial charge in [0.15, 0.2) is 6.10 Å². The van der Waals surface area contributed by atoms with Crippen molar-refractivity contribution in [2.45, 2.75) is 51.4 Å². The lowest BCUT2D eigenvalue weighted by Crippen LogP contribution is -2.53. The number of aromatic nitrogens is 2. The molecule has 156 valence electrons. The molecule has 0 bridgehead atoms. The lowest BCUT2D eigenvalue weighted by Gasteiger charge is -2.45. The number of rotatable bonds is 5. The lowest BCUT2D eigenvalue weighted by molar-refractivity contribution is -0.169. The molecule has 0 radical (unpaired) electrons. The van der Waals surface area contributed by atoms with Crippen LogP contribution >= 0.6 is 11.6 Å². The first-order chi connectivity index (χ1) is 13.9. The first-order valence-corrected chi connectivity index (χ1v) is 10.8. The summed E-state index contributed by atoms with van der Waals surface area (Å²) in [7, 11) is 0. The first kappa shape index (κ1) is 20.4. The average Bonchev–Trinajstić information content (AvgIpc) is 3.17. The van der Waals surface area contributed by atoms with Gasteiger partial charge >= 0.3 is 0 Å². The number of amides is 1. The van der Waals surface area contributed by atoms with Crippen LogP contribution in [0.25, 0.3) is 0 Å². The standard InChI is InChI=1S/C22H29ClN4O2/c1-16(2)6-10-26-11-7-22(8-12-26)21-24-9-13-27(21)15-19(29-22)20(28)25-18-5-3-4-17(23)14-18/h3-5,9,13-14,16,19H,6-8,10-12,15H2,1-2H3,(H,25,28). The van der Waals surface area contributed by atoms with Crippen molar-refractivity contribution in [3.63, 3.8) is 0 Å². The zero-order valence-corrected chi connectivity index (χ0v) is 17.9. The molecule has 7 heteroatoms. The molecule has 1 spiro atoms. The van der Waals surface area contributed by atoms with Crippen molar-refractivity contribution >= 4 is 23.2 Å². The fourth-order valence-corrected chi connectivity index (χ4v) is 4.43. The van der Waals surface area contributed by atoms with Gasteiger partial charge in [0.1, 0.15) is 11.4 Å². The van der Waals surface area contributed by atoms with Gasteiger partial charge in [-0.1, -0.05) is 31.5 Å². The molecule has 6 nitrogen and oxygen atoms in total. The summed E-state index contributed by atoms with van der Waals surface area (Å²) >= 11 is 6.04. The minimum absolute atomic E-state index is 0.145. The highest BCUT2D eigenvalue weighted by Crippen LogP contribution is 2.40. The third-order valence-corrected chi connectivity index (χ3v) is 6.16. The topological polar surface area (TPSA) is 59.4 Å². The number of carbonyl (C=O) groups is 1. The van der Waals surface area contributed by atoms with E-state index >= 15 is 0 Å². The Morgan fingerprint density at radius 3 is 2.90 bits per heavy atom. The number of nitrogens with one attached hydrogen (secondary N) is 1. The van der Waals surface area contributed by atoms with Crippen LogP contribution in [0.15, 0.2) is 36.7 Å². The van der Waals surface area contributed by atoms with Crippen molar-refractivity contribution in [1.29, 1.82) is 0 Å². The average molecular weight is 417 g/mol. The number of halogens is 1. The molecule has 4 rings (SSSR count). The van der Waals surface area contributed by atoms with E-state index in [0.29, 0.717) is 23.2 Å². The van der Waals surface area contributed by atoms with E-state index < -0.39 is 11.7 Å². The maximum Gasteiger partial charge on any atom is 0.255 e. The highest BCUT2D eigenvalue weighted by Gasteiger charge is 2.47. The molecule has 3 heterocycles. The van der Waals surface area contributed by atoms with Gasteiger partial charge in [0.25, 0.3) is 5.91 Å². The fraction of sp³-hybridized carbons (Fsp3) is 0.545. The van der Waals surface area contributed by atoms with Crippen molar-refractivity contribution < 1.29 is 9.53 Å². The number of anilines is 1. The molecule has 1 unspecified atom stereocenters. The number of carbonyl (C=O) groups excluding carboxylic acids is 1. The van der Waals surface area contributed by atoms with Gasteiger partial charge in [-0.2, -0.15) is 0 Å². The highest BCUT2D eigenvalue weighted by atomic mass is 35.5. The Labute approximate surface area is 177 Å². The Morgan fingerprint density at radius 2 is 2.17 bits per heavy atom. The Hall–Kier alpha value is -1.89. The van der Waals surface area contributed by atoms with Gasteiger partial charge in [-0.05, 0) is 49.9 Å². The minimum atomic E-state index is -0.558. The molecule has 0 saturated carbocycles. The normalized spacial score (nSPS) is 21.3. The number of benzene rings is 1. The Kier molecular flexibility index (Phi) is 5.95. The maximum absolute atomic E-state index is 13.0. The molecule has 1 fully saturated rings. The van der Waals surface area contributed by atoms with Crippen molar-refractivity contribution in [1.82, 2.24) is 14.5 Å². The van der Waals surface area contributed by atoms with Crippen LogP contribution in [0.1, 0.15) is 38.9 Å². The molecule has 2 aliphatic heterocycles. The SMILES string of the molecule is CC(C)CCN1CCC2(CC1)OC(C(=O)Nc1cccc(Cl)c1)Cn1ccnc12. The molecule has 1 aromatic carbocycles. The molecule has 1 N–H and O–H groups in total. The number of likely N-dealkylation sites (tertiary alicyclic amines) is 1. The summed E-state index contributed by atoms with van der Waals surface area (Å²) in [4.78, 5) is 20.0. The lowest BCUT2D eigenvalue weighted by atomic mass is 9.88. The fourth-order valence-electron chi connectivity index (χ4n) is 4.24. The molecule has 29 heavy (non-hydrogen) atoms. The third kappa shape index (κ3) is 4.49. The van der Waals surface area contributed by atoms with Crippen molar-refractivity contribution in [3.8, 4) is 0 Å². The Balaban J connectivity index is 1.47. The van der Waals surface area contributed by atoms with E-state index in [4.69, 9.17) is 16.3 Å². The van der Waals surface area contributed by atoms with Gasteiger partial charge in [0.2, 0.25) is 0 Å². The zero-order valence-electron chi connectivity index (χ0n) is 17.1. The largest absolute Gasteiger partial charge is 0.352 e. The second-order valence-electron chi connectivity index (χ2n) is 8.53. The van der Waals surface area contributed by atoms with Crippen LogP contribution in [0, 0.1) is 5.92 Å². The number of fused-ring (bicyclic) bond motifs is 2.